The van der Waals surface area contributed by atoms with Gasteiger partial charge in [0.1, 0.15) is 11.4 Å². The van der Waals surface area contributed by atoms with Crippen LogP contribution >= 0.6 is 0 Å². The van der Waals surface area contributed by atoms with Gasteiger partial charge in [-0.3, -0.25) is 24.0 Å². The predicted octanol–water partition coefficient (Wildman–Crippen LogP) is 4.27. The van der Waals surface area contributed by atoms with Gasteiger partial charge >= 0.3 is 5.97 Å². The molecule has 1 atom stereocenters. The molecule has 11 heteroatoms. The molecule has 2 aromatic heterocycles. The van der Waals surface area contributed by atoms with Gasteiger partial charge in [0.05, 0.1) is 27.6 Å². The standard InChI is InChI=1S/C28H27N5O5S/c1-4-38-26(34)18-39(37,24-11-6-5-7-12-24)32-27(35)22-14-21(16-29-17-22)20-9-8-10-23(15-20)30-28(36)25-13-19(2)31-33(25)3/h5-17H,4,18H2,1-3H3,(H,30,36)/t39-/m0/s1. The van der Waals surface area contributed by atoms with E-state index >= 15 is 0 Å². The molecule has 39 heavy (non-hydrogen) atoms. The van der Waals surface area contributed by atoms with Crippen LogP contribution in [0.4, 0.5) is 5.69 Å². The molecular formula is C28H27N5O5S. The molecule has 0 unspecified atom stereocenters. The van der Waals surface area contributed by atoms with E-state index in [1.807, 2.05) is 0 Å². The molecule has 2 amide bonds. The molecule has 4 aromatic rings. The summed E-state index contributed by atoms with van der Waals surface area (Å²) < 4.78 is 24.2. The number of nitrogens with one attached hydrogen (secondary N) is 1. The third-order valence-electron chi connectivity index (χ3n) is 5.63. The van der Waals surface area contributed by atoms with Gasteiger partial charge in [0, 0.05) is 35.6 Å². The Labute approximate surface area is 226 Å². The summed E-state index contributed by atoms with van der Waals surface area (Å²) in [6.07, 6.45) is 2.89. The second-order valence-electron chi connectivity index (χ2n) is 8.59. The van der Waals surface area contributed by atoms with Gasteiger partial charge in [0.25, 0.3) is 11.8 Å². The van der Waals surface area contributed by atoms with Crippen LogP contribution in [0.1, 0.15) is 33.5 Å². The number of esters is 1. The lowest BCUT2D eigenvalue weighted by Gasteiger charge is -2.10. The van der Waals surface area contributed by atoms with Crippen LogP contribution in [0.15, 0.2) is 88.4 Å². The van der Waals surface area contributed by atoms with Crippen LogP contribution < -0.4 is 5.32 Å². The van der Waals surface area contributed by atoms with E-state index in [-0.39, 0.29) is 23.0 Å². The summed E-state index contributed by atoms with van der Waals surface area (Å²) in [6.45, 7) is 3.56. The number of amides is 2. The summed E-state index contributed by atoms with van der Waals surface area (Å²) in [4.78, 5) is 42.5. The maximum atomic E-state index is 13.7. The highest BCUT2D eigenvalue weighted by molar-refractivity contribution is 7.94. The van der Waals surface area contributed by atoms with Crippen LogP contribution in [0.3, 0.4) is 0 Å². The van der Waals surface area contributed by atoms with Crippen LogP contribution in [0.5, 0.6) is 0 Å². The average molecular weight is 546 g/mol. The first-order chi connectivity index (χ1) is 18.7. The summed E-state index contributed by atoms with van der Waals surface area (Å²) in [5, 5.41) is 7.05. The van der Waals surface area contributed by atoms with Gasteiger partial charge in [-0.1, -0.05) is 30.3 Å². The number of ether oxygens (including phenoxy) is 1. The van der Waals surface area contributed by atoms with Crippen molar-refractivity contribution >= 4 is 33.2 Å². The molecule has 0 radical (unpaired) electrons. The lowest BCUT2D eigenvalue weighted by molar-refractivity contribution is -0.139. The van der Waals surface area contributed by atoms with Gasteiger partial charge in [-0.15, -0.1) is 0 Å². The second kappa shape index (κ2) is 11.8. The fourth-order valence-electron chi connectivity index (χ4n) is 3.86. The van der Waals surface area contributed by atoms with Crippen molar-refractivity contribution in [2.75, 3.05) is 17.7 Å². The molecule has 0 bridgehead atoms. The molecule has 1 N–H and O–H groups in total. The number of aromatic nitrogens is 3. The zero-order valence-corrected chi connectivity index (χ0v) is 22.5. The molecule has 0 spiro atoms. The number of rotatable bonds is 8. The summed E-state index contributed by atoms with van der Waals surface area (Å²) >= 11 is 0. The molecule has 0 saturated heterocycles. The van der Waals surface area contributed by atoms with Crippen molar-refractivity contribution in [2.24, 2.45) is 11.4 Å². The number of carbonyl (C=O) groups is 3. The Balaban J connectivity index is 1.63. The summed E-state index contributed by atoms with van der Waals surface area (Å²) in [5.41, 5.74) is 3.05. The van der Waals surface area contributed by atoms with Gasteiger partial charge < -0.3 is 10.1 Å². The van der Waals surface area contributed by atoms with Crippen molar-refractivity contribution in [3.63, 3.8) is 0 Å². The normalized spacial score (nSPS) is 12.3. The molecule has 0 fully saturated rings. The van der Waals surface area contributed by atoms with Crippen molar-refractivity contribution in [3.8, 4) is 11.1 Å². The minimum Gasteiger partial charge on any atom is -0.465 e. The van der Waals surface area contributed by atoms with E-state index < -0.39 is 27.4 Å². The summed E-state index contributed by atoms with van der Waals surface area (Å²) in [5.74, 6) is -2.36. The predicted molar refractivity (Wildman–Crippen MR) is 147 cm³/mol. The van der Waals surface area contributed by atoms with Gasteiger partial charge in [0.2, 0.25) is 0 Å². The number of nitrogens with zero attached hydrogens (tertiary/aromatic N) is 4. The van der Waals surface area contributed by atoms with E-state index in [1.165, 1.54) is 10.9 Å². The number of hydrogen-bond acceptors (Lipinski definition) is 7. The molecule has 0 saturated carbocycles. The fourth-order valence-corrected chi connectivity index (χ4v) is 5.56. The van der Waals surface area contributed by atoms with Crippen LogP contribution in [-0.2, 0) is 26.3 Å². The number of carbonyl (C=O) groups excluding carboxylic acids is 3. The first-order valence-electron chi connectivity index (χ1n) is 12.1. The molecule has 10 nitrogen and oxygen atoms in total. The third kappa shape index (κ3) is 6.63. The van der Waals surface area contributed by atoms with Gasteiger partial charge in [-0.05, 0) is 55.8 Å². The Kier molecular flexibility index (Phi) is 8.30. The van der Waals surface area contributed by atoms with Crippen LogP contribution in [0, 0.1) is 6.92 Å². The maximum Gasteiger partial charge on any atom is 0.319 e. The van der Waals surface area contributed by atoms with Crippen molar-refractivity contribution < 1.29 is 23.3 Å². The van der Waals surface area contributed by atoms with Crippen molar-refractivity contribution in [1.29, 1.82) is 0 Å². The maximum absolute atomic E-state index is 13.7. The molecule has 2 heterocycles. The van der Waals surface area contributed by atoms with E-state index in [9.17, 15) is 18.6 Å². The SMILES string of the molecule is CCOC(=O)C[S@@](=O)(=NC(=O)c1cncc(-c2cccc(NC(=O)c3cc(C)nn3C)c2)c1)c1ccccc1. The molecule has 0 aliphatic carbocycles. The molecule has 2 aromatic carbocycles. The zero-order valence-electron chi connectivity index (χ0n) is 21.7. The number of aryl methyl sites for hydroxylation is 2. The molecular weight excluding hydrogens is 518 g/mol. The minimum atomic E-state index is -3.44. The Morgan fingerprint density at radius 2 is 1.77 bits per heavy atom. The fraction of sp³-hybridized carbons (Fsp3) is 0.179. The molecule has 4 rings (SSSR count). The smallest absolute Gasteiger partial charge is 0.319 e. The van der Waals surface area contributed by atoms with E-state index in [0.29, 0.717) is 22.5 Å². The zero-order chi connectivity index (χ0) is 28.0. The van der Waals surface area contributed by atoms with E-state index in [2.05, 4.69) is 19.8 Å². The van der Waals surface area contributed by atoms with E-state index in [1.54, 1.807) is 93.8 Å². The number of benzene rings is 2. The largest absolute Gasteiger partial charge is 0.465 e. The monoisotopic (exact) mass is 545 g/mol. The van der Waals surface area contributed by atoms with Crippen LogP contribution in [0.25, 0.3) is 11.1 Å². The molecule has 0 aliphatic rings. The topological polar surface area (TPSA) is 133 Å². The summed E-state index contributed by atoms with van der Waals surface area (Å²) in [7, 11) is -1.75. The Bertz CT molecular complexity index is 1660. The van der Waals surface area contributed by atoms with Gasteiger partial charge in [-0.25, -0.2) is 4.21 Å². The highest BCUT2D eigenvalue weighted by Crippen LogP contribution is 2.24. The van der Waals surface area contributed by atoms with E-state index in [0.717, 1.165) is 5.69 Å². The third-order valence-corrected chi connectivity index (χ3v) is 7.73. The summed E-state index contributed by atoms with van der Waals surface area (Å²) in [6, 6.07) is 18.5. The Morgan fingerprint density at radius 3 is 2.46 bits per heavy atom. The van der Waals surface area contributed by atoms with Gasteiger partial charge in [-0.2, -0.15) is 9.46 Å². The minimum absolute atomic E-state index is 0.0970. The quantitative estimate of drug-likeness (QED) is 0.327. The van der Waals surface area contributed by atoms with Crippen LogP contribution in [0.2, 0.25) is 0 Å². The molecule has 0 aliphatic heterocycles. The van der Waals surface area contributed by atoms with Gasteiger partial charge in [0.15, 0.2) is 0 Å². The van der Waals surface area contributed by atoms with Crippen molar-refractivity contribution in [3.05, 3.63) is 96.1 Å². The average Bonchev–Trinajstić information content (AvgIpc) is 3.27. The second-order valence-corrected chi connectivity index (χ2v) is 10.8. The first kappa shape index (κ1) is 27.4. The number of hydrogen-bond donors (Lipinski definition) is 1. The van der Waals surface area contributed by atoms with Crippen LogP contribution in [-0.4, -0.2) is 49.1 Å². The Hall–Kier alpha value is -4.64. The highest BCUT2D eigenvalue weighted by Gasteiger charge is 2.21. The lowest BCUT2D eigenvalue weighted by atomic mass is 10.1. The molecule has 200 valence electrons. The number of anilines is 1. The first-order valence-corrected chi connectivity index (χ1v) is 13.7. The highest BCUT2D eigenvalue weighted by atomic mass is 32.2. The van der Waals surface area contributed by atoms with E-state index in [4.69, 9.17) is 4.74 Å². The lowest BCUT2D eigenvalue weighted by Crippen LogP contribution is -2.20. The Morgan fingerprint density at radius 1 is 1.00 bits per heavy atom. The number of pyridine rings is 1. The van der Waals surface area contributed by atoms with Crippen molar-refractivity contribution in [1.82, 2.24) is 14.8 Å². The van der Waals surface area contributed by atoms with Crippen molar-refractivity contribution in [2.45, 2.75) is 18.7 Å².